The van der Waals surface area contributed by atoms with Crippen molar-refractivity contribution >= 4 is 15.7 Å². The maximum absolute atomic E-state index is 12.5. The van der Waals surface area contributed by atoms with Crippen LogP contribution in [-0.4, -0.2) is 15.5 Å². The van der Waals surface area contributed by atoms with Crippen molar-refractivity contribution in [1.82, 2.24) is 0 Å². The molecule has 0 aliphatic rings. The molecular weight excluding hydrogens is 310 g/mol. The molecule has 0 bridgehead atoms. The van der Waals surface area contributed by atoms with Gasteiger partial charge < -0.3 is 4.74 Å². The number of ether oxygens (including phenoxy) is 1. The van der Waals surface area contributed by atoms with Gasteiger partial charge in [0.2, 0.25) is 0 Å². The minimum absolute atomic E-state index is 0.0259. The number of hydrogen-bond donors (Lipinski definition) is 1. The first kappa shape index (κ1) is 17.3. The summed E-state index contributed by atoms with van der Waals surface area (Å²) in [4.78, 5) is 0.206. The Morgan fingerprint density at radius 3 is 2.09 bits per heavy atom. The fraction of sp³-hybridized carbons (Fsp3) is 0.333. The van der Waals surface area contributed by atoms with Crippen LogP contribution in [0, 0.1) is 6.92 Å². The number of anilines is 1. The molecule has 0 unspecified atom stereocenters. The van der Waals surface area contributed by atoms with E-state index in [2.05, 4.69) is 25.5 Å². The van der Waals surface area contributed by atoms with Gasteiger partial charge in [-0.25, -0.2) is 8.42 Å². The van der Waals surface area contributed by atoms with Gasteiger partial charge in [-0.15, -0.1) is 0 Å². The number of aryl methyl sites for hydroxylation is 1. The van der Waals surface area contributed by atoms with E-state index < -0.39 is 10.0 Å². The Morgan fingerprint density at radius 1 is 1.00 bits per heavy atom. The Balaban J connectivity index is 2.30. The van der Waals surface area contributed by atoms with Crippen LogP contribution in [0.4, 0.5) is 5.69 Å². The van der Waals surface area contributed by atoms with Crippen LogP contribution in [0.3, 0.4) is 0 Å². The van der Waals surface area contributed by atoms with E-state index in [1.165, 1.54) is 17.7 Å². The second-order valence-electron chi connectivity index (χ2n) is 6.56. The van der Waals surface area contributed by atoms with Gasteiger partial charge in [-0.3, -0.25) is 4.72 Å². The second-order valence-corrected chi connectivity index (χ2v) is 8.24. The van der Waals surface area contributed by atoms with Gasteiger partial charge >= 0.3 is 0 Å². The summed E-state index contributed by atoms with van der Waals surface area (Å²) in [6.07, 6.45) is 0. The van der Waals surface area contributed by atoms with Gasteiger partial charge in [0.1, 0.15) is 5.75 Å². The van der Waals surface area contributed by atoms with Gasteiger partial charge in [0, 0.05) is 0 Å². The van der Waals surface area contributed by atoms with E-state index in [0.717, 1.165) is 5.56 Å². The number of benzene rings is 2. The smallest absolute Gasteiger partial charge is 0.261 e. The lowest BCUT2D eigenvalue weighted by Crippen LogP contribution is -2.15. The van der Waals surface area contributed by atoms with Crippen molar-refractivity contribution in [3.05, 3.63) is 53.6 Å². The van der Waals surface area contributed by atoms with Crippen LogP contribution in [0.2, 0.25) is 0 Å². The highest BCUT2D eigenvalue weighted by Gasteiger charge is 2.18. The van der Waals surface area contributed by atoms with Crippen molar-refractivity contribution < 1.29 is 13.2 Å². The highest BCUT2D eigenvalue weighted by atomic mass is 32.2. The average Bonchev–Trinajstić information content (AvgIpc) is 2.48. The molecule has 0 aromatic heterocycles. The number of nitrogens with one attached hydrogen (secondary N) is 1. The van der Waals surface area contributed by atoms with Crippen LogP contribution in [0.15, 0.2) is 47.4 Å². The molecular formula is C18H23NO3S. The fourth-order valence-electron chi connectivity index (χ4n) is 2.20. The molecule has 0 aliphatic heterocycles. The van der Waals surface area contributed by atoms with Gasteiger partial charge in [0.05, 0.1) is 17.7 Å². The molecule has 0 saturated heterocycles. The van der Waals surface area contributed by atoms with Gasteiger partial charge in [-0.2, -0.15) is 0 Å². The predicted octanol–water partition coefficient (Wildman–Crippen LogP) is 4.10. The standard InChI is InChI=1S/C18H23NO3S/c1-13-12-14(18(2,3)4)6-11-17(13)19-23(20,21)16-9-7-15(22-5)8-10-16/h6-12,19H,1-5H3. The first-order valence-electron chi connectivity index (χ1n) is 7.41. The highest BCUT2D eigenvalue weighted by Crippen LogP contribution is 2.28. The Morgan fingerprint density at radius 2 is 1.61 bits per heavy atom. The maximum atomic E-state index is 12.5. The molecule has 0 fully saturated rings. The number of rotatable bonds is 4. The molecule has 5 heteroatoms. The van der Waals surface area contributed by atoms with E-state index in [1.807, 2.05) is 25.1 Å². The Kier molecular flexibility index (Phi) is 4.71. The summed E-state index contributed by atoms with van der Waals surface area (Å²) in [6.45, 7) is 8.29. The minimum atomic E-state index is -3.61. The summed E-state index contributed by atoms with van der Waals surface area (Å²) in [5, 5.41) is 0. The van der Waals surface area contributed by atoms with E-state index in [9.17, 15) is 8.42 Å². The van der Waals surface area contributed by atoms with Crippen LogP contribution in [-0.2, 0) is 15.4 Å². The van der Waals surface area contributed by atoms with Crippen molar-refractivity contribution in [2.45, 2.75) is 38.0 Å². The third-order valence-electron chi connectivity index (χ3n) is 3.71. The zero-order valence-electron chi connectivity index (χ0n) is 14.2. The monoisotopic (exact) mass is 333 g/mol. The van der Waals surface area contributed by atoms with Gasteiger partial charge in [0.25, 0.3) is 10.0 Å². The predicted molar refractivity (Wildman–Crippen MR) is 93.7 cm³/mol. The number of methoxy groups -OCH3 is 1. The summed E-state index contributed by atoms with van der Waals surface area (Å²) >= 11 is 0. The van der Waals surface area contributed by atoms with Crippen molar-refractivity contribution in [3.63, 3.8) is 0 Å². The third-order valence-corrected chi connectivity index (χ3v) is 5.09. The Hall–Kier alpha value is -2.01. The Bertz CT molecular complexity index is 788. The van der Waals surface area contributed by atoms with Crippen LogP contribution >= 0.6 is 0 Å². The van der Waals surface area contributed by atoms with Crippen LogP contribution in [0.25, 0.3) is 0 Å². The molecule has 0 radical (unpaired) electrons. The zero-order chi connectivity index (χ0) is 17.3. The molecule has 1 N–H and O–H groups in total. The van der Waals surface area contributed by atoms with E-state index in [4.69, 9.17) is 4.74 Å². The number of sulfonamides is 1. The molecule has 0 spiro atoms. The molecule has 124 valence electrons. The van der Waals surface area contributed by atoms with Crippen LogP contribution in [0.1, 0.15) is 31.9 Å². The largest absolute Gasteiger partial charge is 0.497 e. The lowest BCUT2D eigenvalue weighted by molar-refractivity contribution is 0.414. The third kappa shape index (κ3) is 4.05. The van der Waals surface area contributed by atoms with Crippen LogP contribution < -0.4 is 9.46 Å². The summed E-state index contributed by atoms with van der Waals surface area (Å²) in [6, 6.07) is 12.1. The topological polar surface area (TPSA) is 55.4 Å². The molecule has 0 aliphatic carbocycles. The van der Waals surface area contributed by atoms with Crippen molar-refractivity contribution in [3.8, 4) is 5.75 Å². The average molecular weight is 333 g/mol. The maximum Gasteiger partial charge on any atom is 0.261 e. The molecule has 0 atom stereocenters. The first-order valence-corrected chi connectivity index (χ1v) is 8.90. The highest BCUT2D eigenvalue weighted by molar-refractivity contribution is 7.92. The van der Waals surface area contributed by atoms with E-state index in [0.29, 0.717) is 11.4 Å². The van der Waals surface area contributed by atoms with E-state index >= 15 is 0 Å². The minimum Gasteiger partial charge on any atom is -0.497 e. The Labute approximate surface area is 138 Å². The molecule has 0 saturated carbocycles. The lowest BCUT2D eigenvalue weighted by Gasteiger charge is -2.21. The van der Waals surface area contributed by atoms with Crippen molar-refractivity contribution in [1.29, 1.82) is 0 Å². The lowest BCUT2D eigenvalue weighted by atomic mass is 9.86. The van der Waals surface area contributed by atoms with Crippen LogP contribution in [0.5, 0.6) is 5.75 Å². The molecule has 4 nitrogen and oxygen atoms in total. The van der Waals surface area contributed by atoms with Crippen molar-refractivity contribution in [2.75, 3.05) is 11.8 Å². The van der Waals surface area contributed by atoms with E-state index in [1.54, 1.807) is 19.2 Å². The second kappa shape index (κ2) is 6.24. The first-order chi connectivity index (χ1) is 10.6. The summed E-state index contributed by atoms with van der Waals surface area (Å²) in [5.41, 5.74) is 2.68. The van der Waals surface area contributed by atoms with E-state index in [-0.39, 0.29) is 10.3 Å². The molecule has 23 heavy (non-hydrogen) atoms. The van der Waals surface area contributed by atoms with Gasteiger partial charge in [-0.05, 0) is 53.8 Å². The molecule has 2 aromatic carbocycles. The van der Waals surface area contributed by atoms with Gasteiger partial charge in [-0.1, -0.05) is 32.9 Å². The van der Waals surface area contributed by atoms with Crippen molar-refractivity contribution in [2.24, 2.45) is 0 Å². The molecule has 0 amide bonds. The normalized spacial score (nSPS) is 12.0. The zero-order valence-corrected chi connectivity index (χ0v) is 15.0. The fourth-order valence-corrected chi connectivity index (χ4v) is 3.33. The summed E-state index contributed by atoms with van der Waals surface area (Å²) < 4.78 is 32.7. The molecule has 0 heterocycles. The summed E-state index contributed by atoms with van der Waals surface area (Å²) in [7, 11) is -2.07. The SMILES string of the molecule is COc1ccc(S(=O)(=O)Nc2ccc(C(C)(C)C)cc2C)cc1. The quantitative estimate of drug-likeness (QED) is 0.916. The number of hydrogen-bond acceptors (Lipinski definition) is 3. The molecule has 2 rings (SSSR count). The molecule has 2 aromatic rings. The van der Waals surface area contributed by atoms with Gasteiger partial charge in [0.15, 0.2) is 0 Å². The summed E-state index contributed by atoms with van der Waals surface area (Å²) in [5.74, 6) is 0.620.